The van der Waals surface area contributed by atoms with Crippen molar-refractivity contribution in [3.63, 3.8) is 0 Å². The van der Waals surface area contributed by atoms with Gasteiger partial charge in [-0.1, -0.05) is 174 Å². The van der Waals surface area contributed by atoms with Crippen LogP contribution in [0.1, 0.15) is 200 Å². The van der Waals surface area contributed by atoms with Gasteiger partial charge in [0.05, 0.1) is 18.8 Å². The van der Waals surface area contributed by atoms with Crippen LogP contribution in [0.4, 0.5) is 0 Å². The molecule has 0 bridgehead atoms. The third-order valence-corrected chi connectivity index (χ3v) is 8.88. The third-order valence-electron chi connectivity index (χ3n) is 8.88. The highest BCUT2D eigenvalue weighted by Gasteiger charge is 2.23. The number of aliphatic hydroxyl groups is 3. The van der Waals surface area contributed by atoms with Crippen LogP contribution in [-0.2, 0) is 4.79 Å². The predicted molar refractivity (Wildman–Crippen MR) is 185 cm³/mol. The van der Waals surface area contributed by atoms with Gasteiger partial charge in [-0.3, -0.25) is 4.79 Å². The fraction of sp³-hybridized carbons (Fsp3) is 0.921. The minimum absolute atomic E-state index is 0.322. The Bertz CT molecular complexity index is 596. The number of amides is 1. The number of hydrogen-bond acceptors (Lipinski definition) is 4. The van der Waals surface area contributed by atoms with Gasteiger partial charge in [-0.2, -0.15) is 0 Å². The number of unbranched alkanes of at least 4 members (excludes halogenated alkanes) is 24. The molecule has 0 radical (unpaired) electrons. The molecule has 0 rings (SSSR count). The minimum Gasteiger partial charge on any atom is -0.394 e. The molecule has 0 heterocycles. The molecule has 0 fully saturated rings. The van der Waals surface area contributed by atoms with Gasteiger partial charge < -0.3 is 20.6 Å². The van der Waals surface area contributed by atoms with Crippen molar-refractivity contribution >= 4 is 5.91 Å². The van der Waals surface area contributed by atoms with E-state index >= 15 is 0 Å². The first-order valence-electron chi connectivity index (χ1n) is 19.0. The minimum atomic E-state index is -1.07. The van der Waals surface area contributed by atoms with Crippen LogP contribution in [0.15, 0.2) is 12.2 Å². The molecule has 0 aliphatic rings. The molecule has 5 nitrogen and oxygen atoms in total. The highest BCUT2D eigenvalue weighted by molar-refractivity contribution is 5.80. The van der Waals surface area contributed by atoms with Crippen molar-refractivity contribution in [1.82, 2.24) is 5.32 Å². The van der Waals surface area contributed by atoms with Crippen molar-refractivity contribution < 1.29 is 20.1 Å². The molecular formula is C38H75NO4. The van der Waals surface area contributed by atoms with E-state index in [-0.39, 0.29) is 6.61 Å². The van der Waals surface area contributed by atoms with Crippen LogP contribution in [0, 0.1) is 0 Å². The van der Waals surface area contributed by atoms with Gasteiger partial charge in [0.1, 0.15) is 6.10 Å². The summed E-state index contributed by atoms with van der Waals surface area (Å²) in [5, 5.41) is 33.1. The molecule has 256 valence electrons. The van der Waals surface area contributed by atoms with E-state index in [0.29, 0.717) is 12.8 Å². The highest BCUT2D eigenvalue weighted by atomic mass is 16.3. The molecule has 43 heavy (non-hydrogen) atoms. The molecule has 0 aliphatic carbocycles. The van der Waals surface area contributed by atoms with Gasteiger partial charge in [-0.05, 0) is 38.5 Å². The summed E-state index contributed by atoms with van der Waals surface area (Å²) in [5.41, 5.74) is 0. The summed E-state index contributed by atoms with van der Waals surface area (Å²) in [6, 6.07) is -0.721. The van der Waals surface area contributed by atoms with Crippen LogP contribution in [0.2, 0.25) is 0 Å². The van der Waals surface area contributed by atoms with Crippen LogP contribution in [0.3, 0.4) is 0 Å². The molecule has 3 atom stereocenters. The average molecular weight is 610 g/mol. The fourth-order valence-electron chi connectivity index (χ4n) is 5.83. The lowest BCUT2D eigenvalue weighted by Gasteiger charge is -2.23. The Kier molecular flexibility index (Phi) is 33.3. The van der Waals surface area contributed by atoms with Crippen molar-refractivity contribution in [2.45, 2.75) is 218 Å². The number of nitrogens with one attached hydrogen (secondary N) is 1. The Hall–Kier alpha value is -0.910. The first-order valence-corrected chi connectivity index (χ1v) is 19.0. The topological polar surface area (TPSA) is 89.8 Å². The standard InChI is InChI=1S/C38H75NO4/c1-3-5-7-9-11-13-15-17-18-19-21-23-25-27-29-31-33-37(42)38(43)39-35(34-40)36(41)32-30-28-26-24-22-20-16-14-12-10-8-6-4-2/h22,24,35-37,40-42H,3-21,23,25-34H2,1-2H3,(H,39,43)/b24-22+/t35-,36+,37+/m0/s1. The van der Waals surface area contributed by atoms with Crippen LogP contribution in [0.25, 0.3) is 0 Å². The van der Waals surface area contributed by atoms with Crippen LogP contribution >= 0.6 is 0 Å². The zero-order chi connectivity index (χ0) is 31.6. The normalized spacial score (nSPS) is 13.9. The van der Waals surface area contributed by atoms with Gasteiger partial charge in [-0.15, -0.1) is 0 Å². The summed E-state index contributed by atoms with van der Waals surface area (Å²) < 4.78 is 0. The van der Waals surface area contributed by atoms with Crippen molar-refractivity contribution in [3.8, 4) is 0 Å². The zero-order valence-electron chi connectivity index (χ0n) is 28.8. The lowest BCUT2D eigenvalue weighted by Crippen LogP contribution is -2.49. The van der Waals surface area contributed by atoms with Crippen LogP contribution < -0.4 is 5.32 Å². The molecule has 4 N–H and O–H groups in total. The van der Waals surface area contributed by atoms with Gasteiger partial charge in [0.15, 0.2) is 0 Å². The quantitative estimate of drug-likeness (QED) is 0.0432. The van der Waals surface area contributed by atoms with Crippen molar-refractivity contribution in [2.75, 3.05) is 6.61 Å². The van der Waals surface area contributed by atoms with Crippen molar-refractivity contribution in [3.05, 3.63) is 12.2 Å². The maximum atomic E-state index is 12.4. The first kappa shape index (κ1) is 42.1. The monoisotopic (exact) mass is 610 g/mol. The summed E-state index contributed by atoms with van der Waals surface area (Å²) in [6.07, 6.45) is 37.7. The van der Waals surface area contributed by atoms with Crippen LogP contribution in [-0.4, -0.2) is 46.1 Å². The Labute approximate surface area is 268 Å². The Morgan fingerprint density at radius 1 is 0.535 bits per heavy atom. The molecule has 0 spiro atoms. The Morgan fingerprint density at radius 2 is 0.884 bits per heavy atom. The number of carbonyl (C=O) groups is 1. The second-order valence-corrected chi connectivity index (χ2v) is 13.1. The van der Waals surface area contributed by atoms with Gasteiger partial charge in [0, 0.05) is 0 Å². The van der Waals surface area contributed by atoms with E-state index in [9.17, 15) is 20.1 Å². The predicted octanol–water partition coefficient (Wildman–Crippen LogP) is 10.1. The maximum Gasteiger partial charge on any atom is 0.249 e. The number of hydrogen-bond donors (Lipinski definition) is 4. The maximum absolute atomic E-state index is 12.4. The molecule has 0 saturated heterocycles. The molecule has 0 aliphatic heterocycles. The van der Waals surface area contributed by atoms with E-state index in [1.54, 1.807) is 0 Å². The summed E-state index contributed by atoms with van der Waals surface area (Å²) in [6.45, 7) is 4.20. The number of rotatable bonds is 34. The average Bonchev–Trinajstić information content (AvgIpc) is 3.01. The van der Waals surface area contributed by atoms with Gasteiger partial charge in [0.25, 0.3) is 0 Å². The van der Waals surface area contributed by atoms with E-state index in [2.05, 4.69) is 31.3 Å². The molecular weight excluding hydrogens is 534 g/mol. The lowest BCUT2D eigenvalue weighted by atomic mass is 10.0. The van der Waals surface area contributed by atoms with Gasteiger partial charge in [-0.25, -0.2) is 0 Å². The Morgan fingerprint density at radius 3 is 1.30 bits per heavy atom. The largest absolute Gasteiger partial charge is 0.394 e. The van der Waals surface area contributed by atoms with E-state index in [4.69, 9.17) is 0 Å². The summed E-state index contributed by atoms with van der Waals surface area (Å²) in [7, 11) is 0. The van der Waals surface area contributed by atoms with Crippen molar-refractivity contribution in [2.24, 2.45) is 0 Å². The molecule has 0 aromatic carbocycles. The summed E-state index contributed by atoms with van der Waals surface area (Å²) >= 11 is 0. The molecule has 0 aromatic heterocycles. The Balaban J connectivity index is 3.69. The molecule has 1 amide bonds. The van der Waals surface area contributed by atoms with Gasteiger partial charge >= 0.3 is 0 Å². The number of carbonyl (C=O) groups excluding carboxylic acids is 1. The van der Waals surface area contributed by atoms with E-state index in [1.807, 2.05) is 0 Å². The first-order chi connectivity index (χ1) is 21.1. The number of aliphatic hydroxyl groups excluding tert-OH is 3. The van der Waals surface area contributed by atoms with E-state index < -0.39 is 24.2 Å². The second kappa shape index (κ2) is 34.0. The smallest absolute Gasteiger partial charge is 0.249 e. The van der Waals surface area contributed by atoms with E-state index in [0.717, 1.165) is 44.9 Å². The SMILES string of the molecule is CCCCCCCCC/C=C/CCCC[C@@H](O)[C@H](CO)NC(=O)[C@H](O)CCCCCCCCCCCCCCCCCC. The summed E-state index contributed by atoms with van der Waals surface area (Å²) in [5.74, 6) is -0.479. The second-order valence-electron chi connectivity index (χ2n) is 13.1. The highest BCUT2D eigenvalue weighted by Crippen LogP contribution is 2.15. The fourth-order valence-corrected chi connectivity index (χ4v) is 5.83. The van der Waals surface area contributed by atoms with E-state index in [1.165, 1.54) is 128 Å². The molecule has 0 aromatic rings. The summed E-state index contributed by atoms with van der Waals surface area (Å²) in [4.78, 5) is 12.4. The molecule has 0 unspecified atom stereocenters. The molecule has 0 saturated carbocycles. The zero-order valence-corrected chi connectivity index (χ0v) is 28.8. The third kappa shape index (κ3) is 29.6. The molecule has 5 heteroatoms. The van der Waals surface area contributed by atoms with Gasteiger partial charge in [0.2, 0.25) is 5.91 Å². The van der Waals surface area contributed by atoms with Crippen molar-refractivity contribution in [1.29, 1.82) is 0 Å². The lowest BCUT2D eigenvalue weighted by molar-refractivity contribution is -0.131. The van der Waals surface area contributed by atoms with Crippen LogP contribution in [0.5, 0.6) is 0 Å². The number of allylic oxidation sites excluding steroid dienone is 2.